The van der Waals surface area contributed by atoms with Crippen molar-refractivity contribution in [2.45, 2.75) is 25.6 Å². The molecule has 0 fully saturated rings. The Morgan fingerprint density at radius 3 is 2.57 bits per heavy atom. The molecular weight excluding hydrogens is 286 g/mol. The van der Waals surface area contributed by atoms with Gasteiger partial charge >= 0.3 is 6.18 Å². The van der Waals surface area contributed by atoms with Gasteiger partial charge in [-0.25, -0.2) is 4.39 Å². The molecule has 0 radical (unpaired) electrons. The molecule has 1 atom stereocenters. The van der Waals surface area contributed by atoms with E-state index in [-0.39, 0.29) is 5.56 Å². The second-order valence-corrected chi connectivity index (χ2v) is 4.65. The number of rotatable bonds is 5. The molecule has 0 bridgehead atoms. The Hall–Kier alpha value is -1.82. The molecule has 21 heavy (non-hydrogen) atoms. The van der Waals surface area contributed by atoms with Gasteiger partial charge < -0.3 is 9.73 Å². The van der Waals surface area contributed by atoms with E-state index in [0.29, 0.717) is 13.0 Å². The highest BCUT2D eigenvalue weighted by molar-refractivity contribution is 5.31. The third kappa shape index (κ3) is 3.64. The number of benzene rings is 1. The van der Waals surface area contributed by atoms with E-state index in [1.807, 2.05) is 6.92 Å². The van der Waals surface area contributed by atoms with Crippen LogP contribution < -0.4 is 5.32 Å². The van der Waals surface area contributed by atoms with Crippen molar-refractivity contribution in [2.24, 2.45) is 0 Å². The Bertz CT molecular complexity index is 578. The zero-order valence-corrected chi connectivity index (χ0v) is 11.4. The van der Waals surface area contributed by atoms with E-state index in [9.17, 15) is 17.6 Å². The van der Waals surface area contributed by atoms with Gasteiger partial charge in [-0.1, -0.05) is 19.1 Å². The van der Waals surface area contributed by atoms with Crippen molar-refractivity contribution in [1.29, 1.82) is 0 Å². The van der Waals surface area contributed by atoms with Crippen molar-refractivity contribution in [3.63, 3.8) is 0 Å². The fourth-order valence-electron chi connectivity index (χ4n) is 2.22. The number of halogens is 4. The summed E-state index contributed by atoms with van der Waals surface area (Å²) in [4.78, 5) is 0. The second-order valence-electron chi connectivity index (χ2n) is 4.65. The predicted octanol–water partition coefficient (Wildman–Crippen LogP) is 4.33. The Morgan fingerprint density at radius 1 is 1.24 bits per heavy atom. The molecule has 0 saturated heterocycles. The first-order valence-corrected chi connectivity index (χ1v) is 6.53. The molecule has 1 aromatic carbocycles. The van der Waals surface area contributed by atoms with Gasteiger partial charge in [-0.05, 0) is 30.7 Å². The van der Waals surface area contributed by atoms with Gasteiger partial charge in [0.15, 0.2) is 0 Å². The summed E-state index contributed by atoms with van der Waals surface area (Å²) in [7, 11) is 0. The second kappa shape index (κ2) is 6.30. The van der Waals surface area contributed by atoms with Crippen molar-refractivity contribution in [1.82, 2.24) is 5.32 Å². The first kappa shape index (κ1) is 15.6. The lowest BCUT2D eigenvalue weighted by Gasteiger charge is -2.20. The van der Waals surface area contributed by atoms with E-state index >= 15 is 0 Å². The molecule has 114 valence electrons. The smallest absolute Gasteiger partial charge is 0.419 e. The van der Waals surface area contributed by atoms with Crippen molar-refractivity contribution >= 4 is 0 Å². The van der Waals surface area contributed by atoms with Crippen LogP contribution in [0, 0.1) is 5.82 Å². The third-order valence-corrected chi connectivity index (χ3v) is 3.18. The van der Waals surface area contributed by atoms with Crippen LogP contribution in [-0.2, 0) is 12.6 Å². The quantitative estimate of drug-likeness (QED) is 0.832. The average Bonchev–Trinajstić information content (AvgIpc) is 2.90. The number of likely N-dealkylation sites (N-methyl/N-ethyl adjacent to an activating group) is 1. The molecule has 2 rings (SSSR count). The fourth-order valence-corrected chi connectivity index (χ4v) is 2.22. The van der Waals surface area contributed by atoms with Crippen LogP contribution in [0.1, 0.15) is 29.7 Å². The zero-order chi connectivity index (χ0) is 15.5. The van der Waals surface area contributed by atoms with E-state index in [4.69, 9.17) is 4.42 Å². The summed E-state index contributed by atoms with van der Waals surface area (Å²) in [5.74, 6) is -1.22. The van der Waals surface area contributed by atoms with Crippen LogP contribution in [0.3, 0.4) is 0 Å². The standard InChI is InChI=1S/C15H15F4NO/c1-2-20-13(8-10-6-7-21-9-10)11-4-3-5-12(14(11)16)15(17,18)19/h3-7,9,13,20H,2,8H2,1H3. The normalized spacial score (nSPS) is 13.4. The largest absolute Gasteiger partial charge is 0.472 e. The maximum Gasteiger partial charge on any atom is 0.419 e. The predicted molar refractivity (Wildman–Crippen MR) is 70.2 cm³/mol. The van der Waals surface area contributed by atoms with Gasteiger partial charge in [0.05, 0.1) is 18.1 Å². The SMILES string of the molecule is CCNC(Cc1ccoc1)c1cccc(C(F)(F)F)c1F. The van der Waals surface area contributed by atoms with Crippen LogP contribution in [0.4, 0.5) is 17.6 Å². The molecule has 0 aliphatic rings. The van der Waals surface area contributed by atoms with Gasteiger partial charge in [0, 0.05) is 11.6 Å². The molecule has 1 heterocycles. The van der Waals surface area contributed by atoms with Crippen molar-refractivity contribution in [2.75, 3.05) is 6.54 Å². The molecular formula is C15H15F4NO. The molecule has 0 aliphatic carbocycles. The molecule has 2 nitrogen and oxygen atoms in total. The number of hydrogen-bond acceptors (Lipinski definition) is 2. The number of furan rings is 1. The minimum atomic E-state index is -4.70. The molecule has 0 aliphatic heterocycles. The molecule has 1 N–H and O–H groups in total. The van der Waals surface area contributed by atoms with E-state index < -0.39 is 23.6 Å². The van der Waals surface area contributed by atoms with Crippen LogP contribution >= 0.6 is 0 Å². The van der Waals surface area contributed by atoms with Crippen molar-refractivity contribution in [3.05, 3.63) is 59.3 Å². The lowest BCUT2D eigenvalue weighted by atomic mass is 9.97. The highest BCUT2D eigenvalue weighted by atomic mass is 19.4. The first-order valence-electron chi connectivity index (χ1n) is 6.53. The molecule has 6 heteroatoms. The van der Waals surface area contributed by atoms with Gasteiger partial charge in [-0.2, -0.15) is 13.2 Å². The van der Waals surface area contributed by atoms with Crippen LogP contribution in [0.25, 0.3) is 0 Å². The van der Waals surface area contributed by atoms with Crippen molar-refractivity contribution in [3.8, 4) is 0 Å². The summed E-state index contributed by atoms with van der Waals surface area (Å²) in [6, 6.07) is 4.50. The summed E-state index contributed by atoms with van der Waals surface area (Å²) >= 11 is 0. The third-order valence-electron chi connectivity index (χ3n) is 3.18. The lowest BCUT2D eigenvalue weighted by molar-refractivity contribution is -0.140. The highest BCUT2D eigenvalue weighted by Crippen LogP contribution is 2.34. The summed E-state index contributed by atoms with van der Waals surface area (Å²) in [5.41, 5.74) is -0.444. The maximum absolute atomic E-state index is 14.2. The summed E-state index contributed by atoms with van der Waals surface area (Å²) in [6.45, 7) is 2.33. The van der Waals surface area contributed by atoms with Crippen molar-refractivity contribution < 1.29 is 22.0 Å². The Kier molecular flexibility index (Phi) is 4.67. The van der Waals surface area contributed by atoms with Crippen LogP contribution in [0.15, 0.2) is 41.2 Å². The van der Waals surface area contributed by atoms with Gasteiger partial charge in [-0.15, -0.1) is 0 Å². The van der Waals surface area contributed by atoms with Crippen LogP contribution in [0.2, 0.25) is 0 Å². The Morgan fingerprint density at radius 2 is 2.00 bits per heavy atom. The van der Waals surface area contributed by atoms with Gasteiger partial charge in [0.2, 0.25) is 0 Å². The number of alkyl halides is 3. The number of nitrogens with one attached hydrogen (secondary N) is 1. The van der Waals surface area contributed by atoms with Gasteiger partial charge in [0.25, 0.3) is 0 Å². The molecule has 0 spiro atoms. The zero-order valence-electron chi connectivity index (χ0n) is 11.4. The lowest BCUT2D eigenvalue weighted by Crippen LogP contribution is -2.25. The summed E-state index contributed by atoms with van der Waals surface area (Å²) < 4.78 is 57.5. The highest BCUT2D eigenvalue weighted by Gasteiger charge is 2.35. The molecule has 0 amide bonds. The Labute approximate surface area is 119 Å². The fraction of sp³-hybridized carbons (Fsp3) is 0.333. The summed E-state index contributed by atoms with van der Waals surface area (Å²) in [5, 5.41) is 3.01. The summed E-state index contributed by atoms with van der Waals surface area (Å²) in [6.07, 6.45) is -1.38. The monoisotopic (exact) mass is 301 g/mol. The molecule has 2 aromatic rings. The topological polar surface area (TPSA) is 25.2 Å². The minimum Gasteiger partial charge on any atom is -0.472 e. The van der Waals surface area contributed by atoms with E-state index in [1.54, 1.807) is 6.07 Å². The van der Waals surface area contributed by atoms with E-state index in [0.717, 1.165) is 11.6 Å². The van der Waals surface area contributed by atoms with Crippen LogP contribution in [-0.4, -0.2) is 6.54 Å². The van der Waals surface area contributed by atoms with Gasteiger partial charge in [-0.3, -0.25) is 0 Å². The average molecular weight is 301 g/mol. The molecule has 1 unspecified atom stereocenters. The number of hydrogen-bond donors (Lipinski definition) is 1. The maximum atomic E-state index is 14.2. The van der Waals surface area contributed by atoms with Crippen LogP contribution in [0.5, 0.6) is 0 Å². The van der Waals surface area contributed by atoms with Gasteiger partial charge in [0.1, 0.15) is 5.82 Å². The molecule has 0 saturated carbocycles. The first-order chi connectivity index (χ1) is 9.93. The Balaban J connectivity index is 2.36. The molecule has 1 aromatic heterocycles. The van der Waals surface area contributed by atoms with E-state index in [2.05, 4.69) is 5.32 Å². The minimum absolute atomic E-state index is 0.00729. The van der Waals surface area contributed by atoms with E-state index in [1.165, 1.54) is 24.7 Å².